The molecule has 0 atom stereocenters. The number of phenols is 2. The van der Waals surface area contributed by atoms with E-state index in [9.17, 15) is 9.90 Å². The van der Waals surface area contributed by atoms with Crippen molar-refractivity contribution in [1.29, 1.82) is 0 Å². The van der Waals surface area contributed by atoms with E-state index in [4.69, 9.17) is 17.3 Å². The first-order valence-corrected chi connectivity index (χ1v) is 5.55. The van der Waals surface area contributed by atoms with Gasteiger partial charge in [-0.15, -0.1) is 0 Å². The van der Waals surface area contributed by atoms with E-state index < -0.39 is 0 Å². The summed E-state index contributed by atoms with van der Waals surface area (Å²) in [5.74, 6) is -0.0780. The van der Waals surface area contributed by atoms with Crippen LogP contribution in [0.15, 0.2) is 23.1 Å². The van der Waals surface area contributed by atoms with Crippen molar-refractivity contribution in [2.24, 2.45) is 0 Å². The number of hydrogen-bond donors (Lipinski definition) is 3. The van der Waals surface area contributed by atoms with E-state index in [2.05, 4.69) is 5.32 Å². The van der Waals surface area contributed by atoms with Gasteiger partial charge < -0.3 is 15.5 Å². The lowest BCUT2D eigenvalue weighted by Crippen LogP contribution is -2.15. The van der Waals surface area contributed by atoms with E-state index in [0.29, 0.717) is 15.5 Å². The molecule has 1 heterocycles. The summed E-state index contributed by atoms with van der Waals surface area (Å²) >= 11 is 5.91. The molecule has 0 radical (unpaired) electrons. The number of amides is 1. The highest BCUT2D eigenvalue weighted by atomic mass is 32.2. The van der Waals surface area contributed by atoms with Gasteiger partial charge in [-0.3, -0.25) is 4.79 Å². The number of phenolic OH excluding ortho intramolecular Hbond substituents is 2. The molecule has 2 rings (SSSR count). The number of nitrogens with one attached hydrogen (secondary N) is 1. The second-order valence-electron chi connectivity index (χ2n) is 3.10. The molecule has 1 saturated heterocycles. The smallest absolute Gasteiger partial charge is 0.289 e. The zero-order valence-electron chi connectivity index (χ0n) is 7.93. The molecule has 0 unspecified atom stereocenters. The normalized spacial score (nSPS) is 17.9. The molecule has 1 amide bonds. The second-order valence-corrected chi connectivity index (χ2v) is 4.52. The Morgan fingerprint density at radius 1 is 1.38 bits per heavy atom. The third-order valence-corrected chi connectivity index (χ3v) is 3.22. The van der Waals surface area contributed by atoms with Crippen LogP contribution in [0.4, 0.5) is 4.79 Å². The summed E-state index contributed by atoms with van der Waals surface area (Å²) in [7, 11) is 0. The monoisotopic (exact) mass is 253 g/mol. The first kappa shape index (κ1) is 11.0. The lowest BCUT2D eigenvalue weighted by atomic mass is 10.2. The molecule has 0 bridgehead atoms. The maximum atomic E-state index is 11.0. The van der Waals surface area contributed by atoms with E-state index >= 15 is 0 Å². The number of hydrogen-bond acceptors (Lipinski definition) is 5. The third kappa shape index (κ3) is 2.17. The lowest BCUT2D eigenvalue weighted by Gasteiger charge is -2.00. The Morgan fingerprint density at radius 2 is 2.12 bits per heavy atom. The maximum absolute atomic E-state index is 11.0. The molecule has 1 fully saturated rings. The summed E-state index contributed by atoms with van der Waals surface area (Å²) in [6.07, 6.45) is 1.60. The van der Waals surface area contributed by atoms with Crippen molar-refractivity contribution in [3.63, 3.8) is 0 Å². The predicted molar refractivity (Wildman–Crippen MR) is 66.5 cm³/mol. The van der Waals surface area contributed by atoms with Gasteiger partial charge in [0.1, 0.15) is 16.5 Å². The minimum atomic E-state index is -0.227. The van der Waals surface area contributed by atoms with Gasteiger partial charge in [-0.05, 0) is 30.0 Å². The standard InChI is InChI=1S/C10H7NO3S2/c12-6-2-1-5(7(13)4-6)3-8-9(15)11-10(14)16-8/h1-4,12-13H,(H,11,14,15)/b8-3-. The Hall–Kier alpha value is -1.53. The highest BCUT2D eigenvalue weighted by Crippen LogP contribution is 2.30. The van der Waals surface area contributed by atoms with E-state index in [1.807, 2.05) is 0 Å². The SMILES string of the molecule is O=C1NC(=S)/C(=C/c2ccc(O)cc2O)S1. The van der Waals surface area contributed by atoms with Crippen LogP contribution in [0.25, 0.3) is 6.08 Å². The Bertz CT molecular complexity index is 511. The molecule has 6 heteroatoms. The fourth-order valence-corrected chi connectivity index (χ4v) is 2.24. The fraction of sp³-hybridized carbons (Fsp3) is 0. The number of thiocarbonyl (C=S) groups is 1. The first-order valence-electron chi connectivity index (χ1n) is 4.33. The zero-order valence-corrected chi connectivity index (χ0v) is 9.56. The summed E-state index contributed by atoms with van der Waals surface area (Å²) in [6, 6.07) is 4.22. The third-order valence-electron chi connectivity index (χ3n) is 1.94. The number of benzene rings is 1. The fourth-order valence-electron chi connectivity index (χ4n) is 1.22. The summed E-state index contributed by atoms with van der Waals surface area (Å²) in [5, 5.41) is 20.9. The van der Waals surface area contributed by atoms with E-state index in [0.717, 1.165) is 11.8 Å². The number of thioether (sulfide) groups is 1. The molecule has 4 nitrogen and oxygen atoms in total. The number of carbonyl (C=O) groups excluding carboxylic acids is 1. The van der Waals surface area contributed by atoms with Crippen LogP contribution < -0.4 is 5.32 Å². The topological polar surface area (TPSA) is 69.6 Å². The van der Waals surface area contributed by atoms with Gasteiger partial charge in [0, 0.05) is 11.6 Å². The van der Waals surface area contributed by atoms with Crippen molar-refractivity contribution < 1.29 is 15.0 Å². The molecule has 1 aliphatic rings. The van der Waals surface area contributed by atoms with Gasteiger partial charge >= 0.3 is 0 Å². The van der Waals surface area contributed by atoms with Crippen molar-refractivity contribution in [1.82, 2.24) is 5.32 Å². The summed E-state index contributed by atoms with van der Waals surface area (Å²) in [5.41, 5.74) is 0.499. The minimum Gasteiger partial charge on any atom is -0.508 e. The number of carbonyl (C=O) groups is 1. The average Bonchev–Trinajstić information content (AvgIpc) is 2.50. The quantitative estimate of drug-likeness (QED) is 0.529. The molecule has 16 heavy (non-hydrogen) atoms. The molecule has 82 valence electrons. The second kappa shape index (κ2) is 4.15. The molecule has 3 N–H and O–H groups in total. The first-order chi connectivity index (χ1) is 7.56. The van der Waals surface area contributed by atoms with Crippen molar-refractivity contribution in [3.05, 3.63) is 28.7 Å². The Morgan fingerprint density at radius 3 is 2.69 bits per heavy atom. The van der Waals surface area contributed by atoms with Crippen molar-refractivity contribution >= 4 is 40.3 Å². The van der Waals surface area contributed by atoms with E-state index in [1.165, 1.54) is 12.1 Å². The van der Waals surface area contributed by atoms with Gasteiger partial charge in [-0.25, -0.2) is 0 Å². The molecular formula is C10H7NO3S2. The van der Waals surface area contributed by atoms with Crippen molar-refractivity contribution in [3.8, 4) is 11.5 Å². The highest BCUT2D eigenvalue weighted by Gasteiger charge is 2.21. The van der Waals surface area contributed by atoms with Crippen LogP contribution in [0.1, 0.15) is 5.56 Å². The Kier molecular flexibility index (Phi) is 2.84. The summed E-state index contributed by atoms with van der Waals surface area (Å²) < 4.78 is 0. The molecule has 0 spiro atoms. The molecular weight excluding hydrogens is 246 g/mol. The molecule has 0 saturated carbocycles. The predicted octanol–water partition coefficient (Wildman–Crippen LogP) is 2.22. The Balaban J connectivity index is 2.36. The number of aromatic hydroxyl groups is 2. The summed E-state index contributed by atoms with van der Waals surface area (Å²) in [4.78, 5) is 11.9. The molecule has 1 aromatic carbocycles. The molecule has 1 aliphatic heterocycles. The van der Waals surface area contributed by atoms with Crippen molar-refractivity contribution in [2.75, 3.05) is 0 Å². The van der Waals surface area contributed by atoms with Gasteiger partial charge in [-0.2, -0.15) is 0 Å². The molecule has 0 aliphatic carbocycles. The van der Waals surface area contributed by atoms with Crippen LogP contribution >= 0.6 is 24.0 Å². The van der Waals surface area contributed by atoms with Crippen molar-refractivity contribution in [2.45, 2.75) is 0 Å². The highest BCUT2D eigenvalue weighted by molar-refractivity contribution is 8.19. The average molecular weight is 253 g/mol. The van der Waals surface area contributed by atoms with Gasteiger partial charge in [0.05, 0.1) is 4.91 Å². The van der Waals surface area contributed by atoms with Crippen LogP contribution in [-0.4, -0.2) is 20.4 Å². The van der Waals surface area contributed by atoms with Crippen LogP contribution in [-0.2, 0) is 0 Å². The summed E-state index contributed by atoms with van der Waals surface area (Å²) in [6.45, 7) is 0. The van der Waals surface area contributed by atoms with Gasteiger partial charge in [0.15, 0.2) is 0 Å². The molecule has 0 aromatic heterocycles. The number of rotatable bonds is 1. The van der Waals surface area contributed by atoms with E-state index in [-0.39, 0.29) is 16.7 Å². The van der Waals surface area contributed by atoms with Gasteiger partial charge in [0.25, 0.3) is 5.24 Å². The lowest BCUT2D eigenvalue weighted by molar-refractivity contribution is 0.265. The largest absolute Gasteiger partial charge is 0.508 e. The van der Waals surface area contributed by atoms with Gasteiger partial charge in [-0.1, -0.05) is 12.2 Å². The Labute approximate surface area is 101 Å². The minimum absolute atomic E-state index is 0.0181. The van der Waals surface area contributed by atoms with Crippen LogP contribution in [0.5, 0.6) is 11.5 Å². The maximum Gasteiger partial charge on any atom is 0.289 e. The van der Waals surface area contributed by atoms with Gasteiger partial charge in [0.2, 0.25) is 0 Å². The molecule has 1 aromatic rings. The van der Waals surface area contributed by atoms with E-state index in [1.54, 1.807) is 12.1 Å². The van der Waals surface area contributed by atoms with Crippen LogP contribution in [0.2, 0.25) is 0 Å². The zero-order chi connectivity index (χ0) is 11.7. The van der Waals surface area contributed by atoms with Crippen LogP contribution in [0.3, 0.4) is 0 Å². The van der Waals surface area contributed by atoms with Crippen LogP contribution in [0, 0.1) is 0 Å².